The van der Waals surface area contributed by atoms with E-state index in [9.17, 15) is 9.59 Å². The number of amides is 2. The lowest BCUT2D eigenvalue weighted by molar-refractivity contribution is -0.142. The molecule has 1 aliphatic rings. The second kappa shape index (κ2) is 7.00. The molecule has 2 amide bonds. The van der Waals surface area contributed by atoms with Gasteiger partial charge in [0, 0.05) is 12.6 Å². The van der Waals surface area contributed by atoms with Crippen molar-refractivity contribution in [3.05, 3.63) is 28.2 Å². The van der Waals surface area contributed by atoms with Crippen molar-refractivity contribution in [3.8, 4) is 5.75 Å². The first-order valence-corrected chi connectivity index (χ1v) is 7.41. The summed E-state index contributed by atoms with van der Waals surface area (Å²) in [4.78, 5) is 25.0. The molecule has 1 aliphatic heterocycles. The van der Waals surface area contributed by atoms with E-state index in [4.69, 9.17) is 33.7 Å². The number of hydrogen-bond donors (Lipinski definition) is 1. The van der Waals surface area contributed by atoms with Gasteiger partial charge in [-0.15, -0.1) is 0 Å². The van der Waals surface area contributed by atoms with Gasteiger partial charge in [0.2, 0.25) is 5.91 Å². The highest BCUT2D eigenvalue weighted by atomic mass is 35.5. The van der Waals surface area contributed by atoms with Gasteiger partial charge in [0.15, 0.2) is 6.61 Å². The molecule has 2 N–H and O–H groups in total. The smallest absolute Gasteiger partial charge is 0.261 e. The molecule has 1 fully saturated rings. The van der Waals surface area contributed by atoms with Gasteiger partial charge >= 0.3 is 0 Å². The van der Waals surface area contributed by atoms with E-state index < -0.39 is 11.9 Å². The zero-order chi connectivity index (χ0) is 15.4. The molecule has 1 heterocycles. The Labute approximate surface area is 132 Å². The predicted octanol–water partition coefficient (Wildman–Crippen LogP) is 2.24. The number of halogens is 2. The average Bonchev–Trinajstić information content (AvgIpc) is 2.48. The first-order chi connectivity index (χ1) is 9.99. The molecule has 7 heteroatoms. The number of nitrogens with two attached hydrogens (primary N) is 1. The largest absolute Gasteiger partial charge is 0.484 e. The van der Waals surface area contributed by atoms with Crippen molar-refractivity contribution >= 4 is 35.0 Å². The van der Waals surface area contributed by atoms with E-state index in [0.29, 0.717) is 28.8 Å². The van der Waals surface area contributed by atoms with Gasteiger partial charge in [-0.05, 0) is 31.4 Å². The van der Waals surface area contributed by atoms with Crippen LogP contribution in [0.2, 0.25) is 10.0 Å². The Kier molecular flexibility index (Phi) is 5.31. The van der Waals surface area contributed by atoms with Crippen molar-refractivity contribution in [2.45, 2.75) is 25.3 Å². The lowest BCUT2D eigenvalue weighted by Gasteiger charge is -2.33. The Morgan fingerprint density at radius 2 is 2.05 bits per heavy atom. The summed E-state index contributed by atoms with van der Waals surface area (Å²) in [6.45, 7) is 0.360. The minimum atomic E-state index is -0.538. The molecule has 5 nitrogen and oxygen atoms in total. The molecule has 1 atom stereocenters. The molecular weight excluding hydrogens is 315 g/mol. The van der Waals surface area contributed by atoms with E-state index in [0.717, 1.165) is 12.8 Å². The quantitative estimate of drug-likeness (QED) is 0.920. The Bertz CT molecular complexity index is 551. The van der Waals surface area contributed by atoms with Crippen LogP contribution in [0.3, 0.4) is 0 Å². The molecule has 2 rings (SSSR count). The van der Waals surface area contributed by atoms with Gasteiger partial charge in [-0.1, -0.05) is 23.2 Å². The number of ether oxygens (including phenoxy) is 1. The number of rotatable bonds is 4. The Balaban J connectivity index is 1.96. The molecule has 0 unspecified atom stereocenters. The molecule has 1 aromatic carbocycles. The molecule has 1 aromatic rings. The van der Waals surface area contributed by atoms with Gasteiger partial charge in [-0.25, -0.2) is 0 Å². The fourth-order valence-corrected chi connectivity index (χ4v) is 2.61. The van der Waals surface area contributed by atoms with E-state index >= 15 is 0 Å². The zero-order valence-electron chi connectivity index (χ0n) is 11.4. The number of benzene rings is 1. The summed E-state index contributed by atoms with van der Waals surface area (Å²) in [6.07, 6.45) is 2.36. The summed E-state index contributed by atoms with van der Waals surface area (Å²) in [5.74, 6) is -0.285. The molecule has 0 bridgehead atoms. The summed E-state index contributed by atoms with van der Waals surface area (Å²) < 4.78 is 5.40. The van der Waals surface area contributed by atoms with Crippen LogP contribution < -0.4 is 10.5 Å². The van der Waals surface area contributed by atoms with Crippen LogP contribution >= 0.6 is 23.2 Å². The summed E-state index contributed by atoms with van der Waals surface area (Å²) in [7, 11) is 0. The number of carbonyl (C=O) groups is 2. The maximum absolute atomic E-state index is 12.2. The zero-order valence-corrected chi connectivity index (χ0v) is 12.9. The van der Waals surface area contributed by atoms with Crippen LogP contribution in [0.15, 0.2) is 18.2 Å². The molecule has 21 heavy (non-hydrogen) atoms. The van der Waals surface area contributed by atoms with Gasteiger partial charge in [-0.3, -0.25) is 9.59 Å². The van der Waals surface area contributed by atoms with Crippen LogP contribution in [-0.2, 0) is 9.59 Å². The van der Waals surface area contributed by atoms with Gasteiger partial charge in [-0.2, -0.15) is 0 Å². The van der Waals surface area contributed by atoms with Crippen LogP contribution in [0.25, 0.3) is 0 Å². The van der Waals surface area contributed by atoms with Gasteiger partial charge in [0.25, 0.3) is 5.91 Å². The van der Waals surface area contributed by atoms with Gasteiger partial charge < -0.3 is 15.4 Å². The van der Waals surface area contributed by atoms with Crippen LogP contribution in [0.4, 0.5) is 0 Å². The van der Waals surface area contributed by atoms with Crippen molar-refractivity contribution in [3.63, 3.8) is 0 Å². The first kappa shape index (κ1) is 15.9. The van der Waals surface area contributed by atoms with E-state index in [1.165, 1.54) is 4.90 Å². The maximum Gasteiger partial charge on any atom is 0.261 e. The highest BCUT2D eigenvalue weighted by Gasteiger charge is 2.30. The second-order valence-electron chi connectivity index (χ2n) is 4.87. The number of likely N-dealkylation sites (tertiary alicyclic amines) is 1. The van der Waals surface area contributed by atoms with Crippen LogP contribution in [-0.4, -0.2) is 35.9 Å². The van der Waals surface area contributed by atoms with Crippen LogP contribution in [0, 0.1) is 0 Å². The molecule has 114 valence electrons. The number of carbonyl (C=O) groups excluding carboxylic acids is 2. The molecule has 1 saturated heterocycles. The van der Waals surface area contributed by atoms with E-state index in [-0.39, 0.29) is 12.5 Å². The fraction of sp³-hybridized carbons (Fsp3) is 0.429. The monoisotopic (exact) mass is 330 g/mol. The van der Waals surface area contributed by atoms with Crippen molar-refractivity contribution in [1.82, 2.24) is 4.90 Å². The molecule has 0 saturated carbocycles. The highest BCUT2D eigenvalue weighted by Crippen LogP contribution is 2.26. The standard InChI is InChI=1S/C14H16Cl2N2O3/c15-10-5-4-9(7-11(10)16)21-8-13(19)18-6-2-1-3-12(18)14(17)20/h4-5,7,12H,1-3,6,8H2,(H2,17,20)/t12-/m0/s1. The number of nitrogens with zero attached hydrogens (tertiary/aromatic N) is 1. The summed E-state index contributed by atoms with van der Waals surface area (Å²) in [5, 5.41) is 0.773. The molecule has 0 aliphatic carbocycles. The number of hydrogen-bond acceptors (Lipinski definition) is 3. The third-order valence-electron chi connectivity index (χ3n) is 3.40. The number of piperidine rings is 1. The molecule has 0 aromatic heterocycles. The lowest BCUT2D eigenvalue weighted by Crippen LogP contribution is -2.51. The van der Waals surface area contributed by atoms with Crippen molar-refractivity contribution in [1.29, 1.82) is 0 Å². The Morgan fingerprint density at radius 3 is 2.71 bits per heavy atom. The van der Waals surface area contributed by atoms with E-state index in [1.54, 1.807) is 18.2 Å². The third kappa shape index (κ3) is 4.02. The fourth-order valence-electron chi connectivity index (χ4n) is 2.32. The van der Waals surface area contributed by atoms with Gasteiger partial charge in [0.1, 0.15) is 11.8 Å². The first-order valence-electron chi connectivity index (χ1n) is 6.65. The lowest BCUT2D eigenvalue weighted by atomic mass is 10.0. The Hall–Kier alpha value is -1.46. The minimum absolute atomic E-state index is 0.165. The third-order valence-corrected chi connectivity index (χ3v) is 4.14. The highest BCUT2D eigenvalue weighted by molar-refractivity contribution is 6.42. The SMILES string of the molecule is NC(=O)[C@@H]1CCCCN1C(=O)COc1ccc(Cl)c(Cl)c1. The topological polar surface area (TPSA) is 72.6 Å². The van der Waals surface area contributed by atoms with Crippen LogP contribution in [0.1, 0.15) is 19.3 Å². The summed E-state index contributed by atoms with van der Waals surface area (Å²) in [6, 6.07) is 4.22. The summed E-state index contributed by atoms with van der Waals surface area (Å²) in [5.41, 5.74) is 5.33. The molecule has 0 radical (unpaired) electrons. The van der Waals surface area contributed by atoms with Crippen molar-refractivity contribution in [2.75, 3.05) is 13.2 Å². The van der Waals surface area contributed by atoms with E-state index in [2.05, 4.69) is 0 Å². The van der Waals surface area contributed by atoms with Crippen molar-refractivity contribution < 1.29 is 14.3 Å². The van der Waals surface area contributed by atoms with Crippen LogP contribution in [0.5, 0.6) is 5.75 Å². The van der Waals surface area contributed by atoms with Crippen molar-refractivity contribution in [2.24, 2.45) is 5.73 Å². The number of primary amides is 1. The average molecular weight is 331 g/mol. The minimum Gasteiger partial charge on any atom is -0.484 e. The molecule has 0 spiro atoms. The normalized spacial score (nSPS) is 18.4. The van der Waals surface area contributed by atoms with Gasteiger partial charge in [0.05, 0.1) is 10.0 Å². The predicted molar refractivity (Wildman–Crippen MR) is 80.5 cm³/mol. The van der Waals surface area contributed by atoms with E-state index in [1.807, 2.05) is 0 Å². The Morgan fingerprint density at radius 1 is 1.29 bits per heavy atom. The summed E-state index contributed by atoms with van der Waals surface area (Å²) >= 11 is 11.7. The molecular formula is C14H16Cl2N2O3. The maximum atomic E-state index is 12.2. The second-order valence-corrected chi connectivity index (χ2v) is 5.68.